The molecular weight excluding hydrogens is 348 g/mol. The maximum atomic E-state index is 12.4. The number of allylic oxidation sites excluding steroid dienone is 4. The summed E-state index contributed by atoms with van der Waals surface area (Å²) in [6.45, 7) is 2.96. The van der Waals surface area contributed by atoms with Crippen molar-refractivity contribution in [1.82, 2.24) is 0 Å². The second-order valence-electron chi connectivity index (χ2n) is 9.31. The van der Waals surface area contributed by atoms with Crippen LogP contribution >= 0.6 is 0 Å². The lowest BCUT2D eigenvalue weighted by atomic mass is 9.46. The normalized spacial score (nSPS) is 51.3. The molecule has 4 rings (SSSR count). The van der Waals surface area contributed by atoms with E-state index < -0.39 is 41.0 Å². The van der Waals surface area contributed by atoms with Crippen molar-refractivity contribution in [2.75, 3.05) is 6.61 Å². The van der Waals surface area contributed by atoms with Crippen LogP contribution in [0.2, 0.25) is 0 Å². The number of hydrogen-bond acceptors (Lipinski definition) is 6. The molecule has 6 nitrogen and oxygen atoms in total. The van der Waals surface area contributed by atoms with E-state index in [1.54, 1.807) is 19.1 Å². The zero-order valence-electron chi connectivity index (χ0n) is 15.8. The second-order valence-corrected chi connectivity index (χ2v) is 9.31. The van der Waals surface area contributed by atoms with E-state index in [2.05, 4.69) is 0 Å². The monoisotopic (exact) mass is 376 g/mol. The Morgan fingerprint density at radius 1 is 1.30 bits per heavy atom. The largest absolute Gasteiger partial charge is 0.393 e. The molecular formula is C21H28O6. The van der Waals surface area contributed by atoms with Gasteiger partial charge >= 0.3 is 0 Å². The van der Waals surface area contributed by atoms with Crippen LogP contribution in [-0.4, -0.2) is 56.4 Å². The minimum absolute atomic E-state index is 0.00826. The molecule has 7 unspecified atom stereocenters. The summed E-state index contributed by atoms with van der Waals surface area (Å²) in [5, 5.41) is 42.3. The molecule has 0 aliphatic heterocycles. The highest BCUT2D eigenvalue weighted by molar-refractivity contribution is 6.01. The summed E-state index contributed by atoms with van der Waals surface area (Å²) in [5.41, 5.74) is -2.46. The molecule has 0 saturated heterocycles. The molecule has 3 fully saturated rings. The van der Waals surface area contributed by atoms with Gasteiger partial charge in [-0.25, -0.2) is 0 Å². The third kappa shape index (κ3) is 2.21. The topological polar surface area (TPSA) is 115 Å². The van der Waals surface area contributed by atoms with E-state index in [1.165, 1.54) is 0 Å². The standard InChI is InChI=1S/C21H28O6/c1-19-6-5-12(23)7-11(19)3-4-13-14-8-16(25)21(27,17(26)10-22)20(14,2)9-15(24)18(13)19/h5-7,13-16,18,22,24-25,27H,3-4,8-10H2,1-2H3/t13?,14?,15?,16?,18?,19?,20?,21-/m0/s1. The van der Waals surface area contributed by atoms with Gasteiger partial charge in [-0.3, -0.25) is 9.59 Å². The number of aliphatic hydroxyl groups is 4. The van der Waals surface area contributed by atoms with Gasteiger partial charge < -0.3 is 20.4 Å². The lowest BCUT2D eigenvalue weighted by Gasteiger charge is -2.59. The van der Waals surface area contributed by atoms with Crippen molar-refractivity contribution in [2.45, 2.75) is 57.3 Å². The van der Waals surface area contributed by atoms with E-state index >= 15 is 0 Å². The van der Waals surface area contributed by atoms with Gasteiger partial charge in [0.2, 0.25) is 0 Å². The van der Waals surface area contributed by atoms with Crippen LogP contribution < -0.4 is 0 Å². The molecule has 8 atom stereocenters. The SMILES string of the molecule is CC12C=CC(=O)C=C1CCC1C2C(O)CC2(C)C1CC(O)[C@]2(O)C(=O)CO. The molecule has 4 N–H and O–H groups in total. The van der Waals surface area contributed by atoms with Crippen LogP contribution in [0.4, 0.5) is 0 Å². The Bertz CT molecular complexity index is 756. The predicted octanol–water partition coefficient (Wildman–Crippen LogP) is 0.528. The van der Waals surface area contributed by atoms with E-state index in [0.29, 0.717) is 0 Å². The zero-order valence-corrected chi connectivity index (χ0v) is 15.8. The Morgan fingerprint density at radius 2 is 2.00 bits per heavy atom. The molecule has 148 valence electrons. The fourth-order valence-electron chi connectivity index (χ4n) is 6.96. The Balaban J connectivity index is 1.78. The van der Waals surface area contributed by atoms with Crippen LogP contribution in [0.15, 0.2) is 23.8 Å². The quantitative estimate of drug-likeness (QED) is 0.559. The highest BCUT2D eigenvalue weighted by Gasteiger charge is 2.71. The summed E-state index contributed by atoms with van der Waals surface area (Å²) in [7, 11) is 0. The molecule has 6 heteroatoms. The summed E-state index contributed by atoms with van der Waals surface area (Å²) in [5.74, 6) is -1.09. The highest BCUT2D eigenvalue weighted by atomic mass is 16.4. The second kappa shape index (κ2) is 5.83. The van der Waals surface area contributed by atoms with Crippen LogP contribution in [0, 0.1) is 28.6 Å². The molecule has 0 heterocycles. The van der Waals surface area contributed by atoms with E-state index in [9.17, 15) is 30.0 Å². The van der Waals surface area contributed by atoms with Crippen LogP contribution in [0.5, 0.6) is 0 Å². The summed E-state index contributed by atoms with van der Waals surface area (Å²) in [6, 6.07) is 0. The Hall–Kier alpha value is -1.34. The maximum Gasteiger partial charge on any atom is 0.192 e. The van der Waals surface area contributed by atoms with Crippen molar-refractivity contribution < 1.29 is 30.0 Å². The van der Waals surface area contributed by atoms with Gasteiger partial charge in [-0.05, 0) is 49.7 Å². The first-order valence-electron chi connectivity index (χ1n) is 9.76. The van der Waals surface area contributed by atoms with E-state index in [0.717, 1.165) is 18.4 Å². The van der Waals surface area contributed by atoms with Crippen molar-refractivity contribution in [3.8, 4) is 0 Å². The van der Waals surface area contributed by atoms with Crippen LogP contribution in [0.1, 0.15) is 39.5 Å². The van der Waals surface area contributed by atoms with Crippen LogP contribution in [0.3, 0.4) is 0 Å². The minimum atomic E-state index is -2.05. The molecule has 27 heavy (non-hydrogen) atoms. The smallest absolute Gasteiger partial charge is 0.192 e. The first kappa shape index (κ1) is 19.0. The van der Waals surface area contributed by atoms with Crippen molar-refractivity contribution in [1.29, 1.82) is 0 Å². The Labute approximate surface area is 158 Å². The average molecular weight is 376 g/mol. The lowest BCUT2D eigenvalue weighted by molar-refractivity contribution is -0.190. The first-order valence-corrected chi connectivity index (χ1v) is 9.76. The molecule has 0 spiro atoms. The van der Waals surface area contributed by atoms with Gasteiger partial charge in [0.25, 0.3) is 0 Å². The number of rotatable bonds is 2. The average Bonchev–Trinajstić information content (AvgIpc) is 2.82. The van der Waals surface area contributed by atoms with Crippen LogP contribution in [0.25, 0.3) is 0 Å². The first-order chi connectivity index (χ1) is 12.6. The predicted molar refractivity (Wildman–Crippen MR) is 96.4 cm³/mol. The molecule has 0 amide bonds. The maximum absolute atomic E-state index is 12.4. The minimum Gasteiger partial charge on any atom is -0.393 e. The van der Waals surface area contributed by atoms with Gasteiger partial charge in [-0.1, -0.05) is 25.5 Å². The van der Waals surface area contributed by atoms with Crippen molar-refractivity contribution in [3.05, 3.63) is 23.8 Å². The highest BCUT2D eigenvalue weighted by Crippen LogP contribution is 2.67. The fourth-order valence-corrected chi connectivity index (χ4v) is 6.96. The number of carbonyl (C=O) groups excluding carboxylic acids is 2. The zero-order chi connectivity index (χ0) is 19.8. The number of carbonyl (C=O) groups is 2. The van der Waals surface area contributed by atoms with Gasteiger partial charge in [-0.15, -0.1) is 0 Å². The van der Waals surface area contributed by atoms with Gasteiger partial charge in [0.1, 0.15) is 6.61 Å². The molecule has 0 bridgehead atoms. The molecule has 0 aromatic rings. The van der Waals surface area contributed by atoms with Gasteiger partial charge in [0.05, 0.1) is 12.2 Å². The van der Waals surface area contributed by atoms with Crippen LogP contribution in [-0.2, 0) is 9.59 Å². The molecule has 3 saturated carbocycles. The Kier molecular flexibility index (Phi) is 4.10. The fraction of sp³-hybridized carbons (Fsp3) is 0.714. The van der Waals surface area contributed by atoms with E-state index in [1.807, 2.05) is 13.0 Å². The van der Waals surface area contributed by atoms with Crippen molar-refractivity contribution in [3.63, 3.8) is 0 Å². The van der Waals surface area contributed by atoms with Crippen molar-refractivity contribution >= 4 is 11.6 Å². The molecule has 4 aliphatic carbocycles. The van der Waals surface area contributed by atoms with Gasteiger partial charge in [0, 0.05) is 16.7 Å². The molecule has 4 aliphatic rings. The third-order valence-electron chi connectivity index (χ3n) is 8.28. The summed E-state index contributed by atoms with van der Waals surface area (Å²) >= 11 is 0. The molecule has 0 radical (unpaired) electrons. The number of hydrogen-bond donors (Lipinski definition) is 4. The number of aliphatic hydroxyl groups excluding tert-OH is 3. The van der Waals surface area contributed by atoms with E-state index in [-0.39, 0.29) is 36.4 Å². The molecule has 0 aromatic carbocycles. The lowest BCUT2D eigenvalue weighted by Crippen LogP contribution is -2.63. The van der Waals surface area contributed by atoms with E-state index in [4.69, 9.17) is 0 Å². The van der Waals surface area contributed by atoms with Gasteiger partial charge in [0.15, 0.2) is 17.2 Å². The number of Topliss-reactive ketones (excluding diaryl/α,β-unsaturated/α-hetero) is 1. The summed E-state index contributed by atoms with van der Waals surface area (Å²) in [4.78, 5) is 24.2. The third-order valence-corrected chi connectivity index (χ3v) is 8.28. The number of ketones is 2. The van der Waals surface area contributed by atoms with Crippen molar-refractivity contribution in [2.24, 2.45) is 28.6 Å². The Morgan fingerprint density at radius 3 is 2.67 bits per heavy atom. The summed E-state index contributed by atoms with van der Waals surface area (Å²) in [6.07, 6.45) is 4.97. The van der Waals surface area contributed by atoms with Gasteiger partial charge in [-0.2, -0.15) is 0 Å². The number of fused-ring (bicyclic) bond motifs is 5. The molecule has 0 aromatic heterocycles. The summed E-state index contributed by atoms with van der Waals surface area (Å²) < 4.78 is 0.